The van der Waals surface area contributed by atoms with Crippen molar-refractivity contribution in [3.63, 3.8) is 0 Å². The number of benzene rings is 2. The number of anilines is 2. The third-order valence-corrected chi connectivity index (χ3v) is 3.48. The van der Waals surface area contributed by atoms with Gasteiger partial charge in [0.2, 0.25) is 0 Å². The van der Waals surface area contributed by atoms with E-state index in [9.17, 15) is 0 Å². The molecule has 0 saturated carbocycles. The number of hydrogen-bond donors (Lipinski definition) is 0. The predicted octanol–water partition coefficient (Wildman–Crippen LogP) is 3.08. The fraction of sp³-hybridized carbons (Fsp3) is 0.235. The Balaban J connectivity index is 2.06. The van der Waals surface area contributed by atoms with Gasteiger partial charge >= 0.3 is 0 Å². The third-order valence-electron chi connectivity index (χ3n) is 3.48. The van der Waals surface area contributed by atoms with Crippen LogP contribution in [-0.2, 0) is 0 Å². The summed E-state index contributed by atoms with van der Waals surface area (Å²) < 4.78 is 0. The van der Waals surface area contributed by atoms with Gasteiger partial charge in [-0.05, 0) is 22.9 Å². The monoisotopic (exact) mass is 265 g/mol. The maximum atomic E-state index is 4.79. The topological polar surface area (TPSA) is 18.8 Å². The minimum Gasteiger partial charge on any atom is -0.374 e. The molecule has 3 rings (SSSR count). The van der Waals surface area contributed by atoms with Gasteiger partial charge in [-0.3, -0.25) is 0 Å². The Bertz CT molecular complexity index is 751. The molecule has 3 heteroatoms. The van der Waals surface area contributed by atoms with Crippen molar-refractivity contribution in [2.24, 2.45) is 4.99 Å². The quantitative estimate of drug-likeness (QED) is 0.724. The predicted molar refractivity (Wildman–Crippen MR) is 86.6 cm³/mol. The van der Waals surface area contributed by atoms with Gasteiger partial charge in [-0.1, -0.05) is 30.3 Å². The van der Waals surface area contributed by atoms with Crippen molar-refractivity contribution in [2.75, 3.05) is 38.0 Å². The zero-order valence-electron chi connectivity index (χ0n) is 12.4. The Hall–Kier alpha value is -2.29. The van der Waals surface area contributed by atoms with Crippen LogP contribution in [0, 0.1) is 0 Å². The molecule has 0 N–H and O–H groups in total. The van der Waals surface area contributed by atoms with Crippen LogP contribution < -0.4 is 15.2 Å². The molecule has 0 atom stereocenters. The van der Waals surface area contributed by atoms with E-state index >= 15 is 0 Å². The van der Waals surface area contributed by atoms with Crippen LogP contribution in [0.3, 0.4) is 0 Å². The van der Waals surface area contributed by atoms with E-state index in [1.54, 1.807) is 0 Å². The molecule has 0 bridgehead atoms. The van der Waals surface area contributed by atoms with E-state index in [0.29, 0.717) is 0 Å². The summed E-state index contributed by atoms with van der Waals surface area (Å²) in [5, 5.41) is 3.57. The number of rotatable bonds is 3. The second kappa shape index (κ2) is 4.67. The second-order valence-electron chi connectivity index (χ2n) is 5.48. The normalized spacial score (nSPS) is 11.0. The molecule has 0 aliphatic carbocycles. The Morgan fingerprint density at radius 1 is 0.750 bits per heavy atom. The molecule has 0 spiro atoms. The number of hydrogen-bond acceptors (Lipinski definition) is 3. The highest BCUT2D eigenvalue weighted by Gasteiger charge is 2.23. The van der Waals surface area contributed by atoms with Gasteiger partial charge in [0, 0.05) is 28.2 Å². The lowest BCUT2D eigenvalue weighted by Gasteiger charge is -2.07. The van der Waals surface area contributed by atoms with Crippen LogP contribution in [0.2, 0.25) is 0 Å². The summed E-state index contributed by atoms with van der Waals surface area (Å²) in [5.41, 5.74) is 3.46. The maximum absolute atomic E-state index is 4.79. The molecule has 3 aromatic rings. The summed E-state index contributed by atoms with van der Waals surface area (Å²) in [5.74, 6) is 0. The van der Waals surface area contributed by atoms with Crippen molar-refractivity contribution in [1.29, 1.82) is 0 Å². The van der Waals surface area contributed by atoms with Gasteiger partial charge in [0.1, 0.15) is 5.36 Å². The first-order valence-electron chi connectivity index (χ1n) is 6.75. The minimum absolute atomic E-state index is 1.01. The van der Waals surface area contributed by atoms with Crippen LogP contribution in [0.5, 0.6) is 0 Å². The Kier molecular flexibility index (Phi) is 2.97. The van der Waals surface area contributed by atoms with Crippen molar-refractivity contribution in [2.45, 2.75) is 0 Å². The van der Waals surface area contributed by atoms with Gasteiger partial charge in [0.15, 0.2) is 0 Å². The highest BCUT2D eigenvalue weighted by Crippen LogP contribution is 2.31. The van der Waals surface area contributed by atoms with Crippen molar-refractivity contribution < 1.29 is 0 Å². The molecular formula is C17H19N3. The highest BCUT2D eigenvalue weighted by atomic mass is 15.2. The molecule has 0 saturated heterocycles. The van der Waals surface area contributed by atoms with E-state index < -0.39 is 0 Å². The Morgan fingerprint density at radius 3 is 1.95 bits per heavy atom. The first-order chi connectivity index (χ1) is 9.58. The SMILES string of the molecule is CN(C)c1c(N(C)C)c1=Nc1ccc2ccccc2c1. The highest BCUT2D eigenvalue weighted by molar-refractivity contribution is 5.87. The molecule has 0 aliphatic heterocycles. The van der Waals surface area contributed by atoms with Gasteiger partial charge in [-0.25, -0.2) is 4.99 Å². The largest absolute Gasteiger partial charge is 0.374 e. The zero-order chi connectivity index (χ0) is 14.3. The van der Waals surface area contributed by atoms with Crippen LogP contribution in [0.1, 0.15) is 0 Å². The maximum Gasteiger partial charge on any atom is 0.115 e. The average molecular weight is 265 g/mol. The molecule has 0 fully saturated rings. The molecule has 102 valence electrons. The fourth-order valence-corrected chi connectivity index (χ4v) is 2.49. The Morgan fingerprint density at radius 2 is 1.35 bits per heavy atom. The molecule has 0 aromatic heterocycles. The van der Waals surface area contributed by atoms with Gasteiger partial charge in [0.25, 0.3) is 0 Å². The second-order valence-corrected chi connectivity index (χ2v) is 5.48. The molecule has 0 heterocycles. The van der Waals surface area contributed by atoms with Crippen LogP contribution in [0.4, 0.5) is 17.1 Å². The van der Waals surface area contributed by atoms with Crippen LogP contribution in [0.15, 0.2) is 47.5 Å². The minimum atomic E-state index is 1.01. The van der Waals surface area contributed by atoms with Crippen molar-refractivity contribution in [3.05, 3.63) is 47.8 Å². The van der Waals surface area contributed by atoms with E-state index in [4.69, 9.17) is 4.99 Å². The van der Waals surface area contributed by atoms with E-state index in [0.717, 1.165) is 11.0 Å². The molecule has 3 aromatic carbocycles. The van der Waals surface area contributed by atoms with E-state index in [1.165, 1.54) is 22.1 Å². The molecule has 20 heavy (non-hydrogen) atoms. The van der Waals surface area contributed by atoms with Crippen LogP contribution in [0.25, 0.3) is 10.8 Å². The molecule has 0 unspecified atom stereocenters. The summed E-state index contributed by atoms with van der Waals surface area (Å²) >= 11 is 0. The first-order valence-corrected chi connectivity index (χ1v) is 6.75. The lowest BCUT2D eigenvalue weighted by molar-refractivity contribution is 1.12. The van der Waals surface area contributed by atoms with Crippen molar-refractivity contribution >= 4 is 27.8 Å². The van der Waals surface area contributed by atoms with Gasteiger partial charge in [0.05, 0.1) is 17.1 Å². The van der Waals surface area contributed by atoms with Crippen molar-refractivity contribution in [1.82, 2.24) is 0 Å². The van der Waals surface area contributed by atoms with Crippen LogP contribution >= 0.6 is 0 Å². The molecule has 0 radical (unpaired) electrons. The fourth-order valence-electron chi connectivity index (χ4n) is 2.49. The van der Waals surface area contributed by atoms with E-state index in [1.807, 2.05) is 0 Å². The van der Waals surface area contributed by atoms with E-state index in [2.05, 4.69) is 80.5 Å². The number of fused-ring (bicyclic) bond motifs is 1. The molecule has 0 aliphatic rings. The zero-order valence-corrected chi connectivity index (χ0v) is 12.4. The molecule has 0 amide bonds. The van der Waals surface area contributed by atoms with Crippen LogP contribution in [-0.4, -0.2) is 28.2 Å². The average Bonchev–Trinajstić information content (AvgIpc) is 3.13. The van der Waals surface area contributed by atoms with E-state index in [-0.39, 0.29) is 0 Å². The lowest BCUT2D eigenvalue weighted by atomic mass is 10.1. The lowest BCUT2D eigenvalue weighted by Crippen LogP contribution is -2.08. The van der Waals surface area contributed by atoms with Crippen molar-refractivity contribution in [3.8, 4) is 0 Å². The molecular weight excluding hydrogens is 246 g/mol. The smallest absolute Gasteiger partial charge is 0.115 e. The Labute approximate surface area is 119 Å². The third kappa shape index (κ3) is 2.16. The first kappa shape index (κ1) is 12.7. The summed E-state index contributed by atoms with van der Waals surface area (Å²) in [4.78, 5) is 9.03. The summed E-state index contributed by atoms with van der Waals surface area (Å²) in [6, 6.07) is 14.7. The summed E-state index contributed by atoms with van der Waals surface area (Å²) in [7, 11) is 8.23. The van der Waals surface area contributed by atoms with Gasteiger partial charge in [-0.15, -0.1) is 0 Å². The van der Waals surface area contributed by atoms with Gasteiger partial charge in [-0.2, -0.15) is 0 Å². The molecule has 3 nitrogen and oxygen atoms in total. The standard InChI is InChI=1S/C17H19N3/c1-19(2)16-15(17(16)20(3)4)18-14-10-9-12-7-5-6-8-13(12)11-14/h5-11H,1-4H3. The van der Waals surface area contributed by atoms with Gasteiger partial charge < -0.3 is 9.80 Å². The number of nitrogens with zero attached hydrogens (tertiary/aromatic N) is 3. The summed E-state index contributed by atoms with van der Waals surface area (Å²) in [6.07, 6.45) is 0. The summed E-state index contributed by atoms with van der Waals surface area (Å²) in [6.45, 7) is 0.